The predicted molar refractivity (Wildman–Crippen MR) is 81.3 cm³/mol. The number of rotatable bonds is 3. The van der Waals surface area contributed by atoms with Gasteiger partial charge >= 0.3 is 0 Å². The van der Waals surface area contributed by atoms with Crippen molar-refractivity contribution in [2.24, 2.45) is 5.92 Å². The molecule has 1 aliphatic rings. The highest BCUT2D eigenvalue weighted by Gasteiger charge is 2.20. The minimum atomic E-state index is 0.182. The average molecular weight is 279 g/mol. The summed E-state index contributed by atoms with van der Waals surface area (Å²) in [7, 11) is 0. The summed E-state index contributed by atoms with van der Waals surface area (Å²) < 4.78 is 0.182. The third-order valence-electron chi connectivity index (χ3n) is 3.39. The molecule has 1 aromatic heterocycles. The van der Waals surface area contributed by atoms with Gasteiger partial charge in [-0.15, -0.1) is 0 Å². The Balaban J connectivity index is 2.03. The van der Waals surface area contributed by atoms with Crippen molar-refractivity contribution in [3.05, 3.63) is 18.1 Å². The lowest BCUT2D eigenvalue weighted by Gasteiger charge is -2.30. The van der Waals surface area contributed by atoms with Gasteiger partial charge in [0.2, 0.25) is 0 Å². The van der Waals surface area contributed by atoms with E-state index in [4.69, 9.17) is 0 Å². The molecule has 4 heteroatoms. The zero-order valence-corrected chi connectivity index (χ0v) is 13.3. The number of nitrogens with zero attached hydrogens (tertiary/aromatic N) is 3. The molecule has 1 aliphatic heterocycles. The third-order valence-corrected chi connectivity index (χ3v) is 4.53. The molecule has 0 amide bonds. The van der Waals surface area contributed by atoms with Gasteiger partial charge in [0.05, 0.1) is 5.69 Å². The Bertz CT molecular complexity index is 406. The SMILES string of the molecule is CC1CCN(Cc2nccnc2SC(C)(C)C)CC1. The summed E-state index contributed by atoms with van der Waals surface area (Å²) >= 11 is 1.82. The van der Waals surface area contributed by atoms with Gasteiger partial charge in [-0.3, -0.25) is 9.88 Å². The fourth-order valence-electron chi connectivity index (χ4n) is 2.27. The Morgan fingerprint density at radius 3 is 2.47 bits per heavy atom. The van der Waals surface area contributed by atoms with E-state index in [1.165, 1.54) is 25.9 Å². The smallest absolute Gasteiger partial charge is 0.119 e. The summed E-state index contributed by atoms with van der Waals surface area (Å²) in [6.45, 7) is 12.3. The van der Waals surface area contributed by atoms with Crippen LogP contribution in [0.4, 0.5) is 0 Å². The van der Waals surface area contributed by atoms with E-state index in [0.29, 0.717) is 0 Å². The molecular weight excluding hydrogens is 254 g/mol. The van der Waals surface area contributed by atoms with Crippen molar-refractivity contribution in [2.75, 3.05) is 13.1 Å². The van der Waals surface area contributed by atoms with Crippen LogP contribution >= 0.6 is 11.8 Å². The lowest BCUT2D eigenvalue weighted by molar-refractivity contribution is 0.182. The van der Waals surface area contributed by atoms with E-state index >= 15 is 0 Å². The van der Waals surface area contributed by atoms with Gasteiger partial charge in [-0.1, -0.05) is 39.5 Å². The standard InChI is InChI=1S/C15H25N3S/c1-12-5-9-18(10-6-12)11-13-14(17-8-7-16-13)19-15(2,3)4/h7-8,12H,5-6,9-11H2,1-4H3. The zero-order valence-electron chi connectivity index (χ0n) is 12.5. The zero-order chi connectivity index (χ0) is 13.9. The fraction of sp³-hybridized carbons (Fsp3) is 0.733. The average Bonchev–Trinajstić information content (AvgIpc) is 2.33. The van der Waals surface area contributed by atoms with Crippen LogP contribution in [0.5, 0.6) is 0 Å². The van der Waals surface area contributed by atoms with E-state index in [0.717, 1.165) is 23.2 Å². The summed E-state index contributed by atoms with van der Waals surface area (Å²) in [5, 5.41) is 1.09. The van der Waals surface area contributed by atoms with Crippen LogP contribution in [0, 0.1) is 5.92 Å². The van der Waals surface area contributed by atoms with Crippen LogP contribution in [0.25, 0.3) is 0 Å². The first-order valence-corrected chi connectivity index (χ1v) is 7.97. The lowest BCUT2D eigenvalue weighted by atomic mass is 9.99. The fourth-order valence-corrected chi connectivity index (χ4v) is 3.20. The van der Waals surface area contributed by atoms with Crippen LogP contribution in [0.1, 0.15) is 46.2 Å². The number of aromatic nitrogens is 2. The quantitative estimate of drug-likeness (QED) is 0.791. The Hall–Kier alpha value is -0.610. The Labute approximate surface area is 121 Å². The van der Waals surface area contributed by atoms with Gasteiger partial charge in [-0.2, -0.15) is 0 Å². The van der Waals surface area contributed by atoms with Crippen LogP contribution < -0.4 is 0 Å². The minimum Gasteiger partial charge on any atom is -0.297 e. The molecule has 1 aromatic rings. The van der Waals surface area contributed by atoms with Crippen LogP contribution in [-0.2, 0) is 6.54 Å². The molecule has 2 heterocycles. The number of likely N-dealkylation sites (tertiary alicyclic amines) is 1. The van der Waals surface area contributed by atoms with Crippen molar-refractivity contribution in [3.63, 3.8) is 0 Å². The van der Waals surface area contributed by atoms with Gasteiger partial charge in [0.15, 0.2) is 0 Å². The molecule has 0 saturated carbocycles. The molecule has 0 unspecified atom stereocenters. The molecule has 1 fully saturated rings. The summed E-state index contributed by atoms with van der Waals surface area (Å²) in [5.74, 6) is 0.876. The number of thioether (sulfide) groups is 1. The largest absolute Gasteiger partial charge is 0.297 e. The monoisotopic (exact) mass is 279 g/mol. The number of hydrogen-bond acceptors (Lipinski definition) is 4. The molecule has 3 nitrogen and oxygen atoms in total. The molecule has 19 heavy (non-hydrogen) atoms. The maximum Gasteiger partial charge on any atom is 0.119 e. The van der Waals surface area contributed by atoms with Gasteiger partial charge in [0.25, 0.3) is 0 Å². The van der Waals surface area contributed by atoms with Crippen LogP contribution in [0.15, 0.2) is 17.4 Å². The van der Waals surface area contributed by atoms with Gasteiger partial charge in [-0.25, -0.2) is 4.98 Å². The van der Waals surface area contributed by atoms with E-state index in [1.54, 1.807) is 6.20 Å². The molecule has 0 radical (unpaired) electrons. The summed E-state index contributed by atoms with van der Waals surface area (Å²) in [6, 6.07) is 0. The molecule has 0 aliphatic carbocycles. The topological polar surface area (TPSA) is 29.0 Å². The van der Waals surface area contributed by atoms with Gasteiger partial charge < -0.3 is 0 Å². The van der Waals surface area contributed by atoms with Crippen molar-refractivity contribution >= 4 is 11.8 Å². The lowest BCUT2D eigenvalue weighted by Crippen LogP contribution is -2.33. The summed E-state index contributed by atoms with van der Waals surface area (Å²) in [5.41, 5.74) is 1.14. The van der Waals surface area contributed by atoms with Crippen molar-refractivity contribution in [3.8, 4) is 0 Å². The molecule has 0 aromatic carbocycles. The molecule has 106 valence electrons. The number of piperidine rings is 1. The maximum atomic E-state index is 4.55. The van der Waals surface area contributed by atoms with E-state index in [1.807, 2.05) is 18.0 Å². The summed E-state index contributed by atoms with van der Waals surface area (Å²) in [4.78, 5) is 11.6. The van der Waals surface area contributed by atoms with Crippen LogP contribution in [0.3, 0.4) is 0 Å². The second-order valence-electron chi connectivity index (χ2n) is 6.48. The number of hydrogen-bond donors (Lipinski definition) is 0. The third kappa shape index (κ3) is 4.77. The highest BCUT2D eigenvalue weighted by atomic mass is 32.2. The molecular formula is C15H25N3S. The summed E-state index contributed by atoms with van der Waals surface area (Å²) in [6.07, 6.45) is 6.23. The van der Waals surface area contributed by atoms with Crippen molar-refractivity contribution in [1.29, 1.82) is 0 Å². The highest BCUT2D eigenvalue weighted by Crippen LogP contribution is 2.32. The predicted octanol–water partition coefficient (Wildman–Crippen LogP) is 3.60. The molecule has 0 bridgehead atoms. The van der Waals surface area contributed by atoms with E-state index in [-0.39, 0.29) is 4.75 Å². The Morgan fingerprint density at radius 2 is 1.84 bits per heavy atom. The van der Waals surface area contributed by atoms with Crippen molar-refractivity contribution < 1.29 is 0 Å². The Kier molecular flexibility index (Phi) is 4.85. The van der Waals surface area contributed by atoms with E-state index in [2.05, 4.69) is 42.6 Å². The highest BCUT2D eigenvalue weighted by molar-refractivity contribution is 8.00. The van der Waals surface area contributed by atoms with Gasteiger partial charge in [-0.05, 0) is 31.8 Å². The van der Waals surface area contributed by atoms with Gasteiger partial charge in [0, 0.05) is 23.7 Å². The van der Waals surface area contributed by atoms with Crippen molar-refractivity contribution in [1.82, 2.24) is 14.9 Å². The molecule has 0 N–H and O–H groups in total. The molecule has 2 rings (SSSR count). The van der Waals surface area contributed by atoms with Crippen LogP contribution in [-0.4, -0.2) is 32.7 Å². The maximum absolute atomic E-state index is 4.55. The van der Waals surface area contributed by atoms with E-state index in [9.17, 15) is 0 Å². The van der Waals surface area contributed by atoms with E-state index < -0.39 is 0 Å². The Morgan fingerprint density at radius 1 is 1.21 bits per heavy atom. The molecule has 1 saturated heterocycles. The van der Waals surface area contributed by atoms with Gasteiger partial charge in [0.1, 0.15) is 5.03 Å². The first-order valence-electron chi connectivity index (χ1n) is 7.15. The minimum absolute atomic E-state index is 0.182. The van der Waals surface area contributed by atoms with Crippen molar-refractivity contribution in [2.45, 2.75) is 56.9 Å². The first-order chi connectivity index (χ1) is 8.94. The molecule has 0 atom stereocenters. The molecule has 0 spiro atoms. The second kappa shape index (κ2) is 6.23. The normalized spacial score (nSPS) is 18.7. The first kappa shape index (κ1) is 14.8. The second-order valence-corrected chi connectivity index (χ2v) is 8.30. The van der Waals surface area contributed by atoms with Crippen LogP contribution in [0.2, 0.25) is 0 Å².